The van der Waals surface area contributed by atoms with Crippen molar-refractivity contribution in [2.24, 2.45) is 0 Å². The van der Waals surface area contributed by atoms with E-state index < -0.39 is 0 Å². The Kier molecular flexibility index (Phi) is 6.15. The highest BCUT2D eigenvalue weighted by molar-refractivity contribution is 6.11. The van der Waals surface area contributed by atoms with Crippen molar-refractivity contribution in [1.29, 1.82) is 10.5 Å². The minimum atomic E-state index is 0.594. The van der Waals surface area contributed by atoms with E-state index in [-0.39, 0.29) is 0 Å². The Morgan fingerprint density at radius 2 is 0.771 bits per heavy atom. The van der Waals surface area contributed by atoms with Gasteiger partial charge in [0.05, 0.1) is 56.7 Å². The molecule has 0 bridgehead atoms. The zero-order chi connectivity index (χ0) is 32.2. The normalized spacial score (nSPS) is 11.3. The summed E-state index contributed by atoms with van der Waals surface area (Å²) in [5.41, 5.74) is 8.35. The quantitative estimate of drug-likeness (QED) is 0.198. The first-order chi connectivity index (χ1) is 23.7. The molecule has 0 atom stereocenters. The Balaban J connectivity index is 1.50. The van der Waals surface area contributed by atoms with Crippen molar-refractivity contribution >= 4 is 43.6 Å². The number of benzene rings is 6. The lowest BCUT2D eigenvalue weighted by molar-refractivity contribution is 0.975. The molecular weight excluding hydrogens is 589 g/mol. The van der Waals surface area contributed by atoms with Crippen molar-refractivity contribution < 1.29 is 0 Å². The molecule has 0 unspecified atom stereocenters. The lowest BCUT2D eigenvalue weighted by Crippen LogP contribution is -2.11. The topological polar surface area (TPSA) is 83.2 Å². The van der Waals surface area contributed by atoms with Gasteiger partial charge in [-0.2, -0.15) is 10.5 Å². The molecule has 0 aliphatic carbocycles. The fourth-order valence-electron chi connectivity index (χ4n) is 6.85. The minimum Gasteiger partial charge on any atom is -0.291 e. The molecule has 0 amide bonds. The molecule has 6 aromatic carbocycles. The van der Waals surface area contributed by atoms with Gasteiger partial charge >= 0.3 is 0 Å². The Morgan fingerprint density at radius 1 is 0.396 bits per heavy atom. The number of nitrogens with zero attached hydrogens (tertiary/aromatic N) is 6. The number of hydrogen-bond donors (Lipinski definition) is 0. The van der Waals surface area contributed by atoms with Crippen LogP contribution in [0.5, 0.6) is 0 Å². The van der Waals surface area contributed by atoms with Gasteiger partial charge < -0.3 is 0 Å². The SMILES string of the molecule is N#Cc1ccc2c(c1)c1ccccc1n2-c1nc(-c2ccccc2)c(-c2ccccc2)nc1-n1c2ccccc2c2cc(C#N)ccc21. The summed E-state index contributed by atoms with van der Waals surface area (Å²) in [6.07, 6.45) is 0. The van der Waals surface area contributed by atoms with E-state index in [9.17, 15) is 10.5 Å². The molecule has 6 nitrogen and oxygen atoms in total. The van der Waals surface area contributed by atoms with Gasteiger partial charge in [-0.25, -0.2) is 9.97 Å². The molecule has 0 saturated carbocycles. The maximum Gasteiger partial charge on any atom is 0.182 e. The third kappa shape index (κ3) is 4.11. The molecule has 0 fully saturated rings. The zero-order valence-electron chi connectivity index (χ0n) is 25.5. The average molecular weight is 613 g/mol. The van der Waals surface area contributed by atoms with E-state index in [0.717, 1.165) is 66.1 Å². The molecule has 0 aliphatic rings. The van der Waals surface area contributed by atoms with Crippen molar-refractivity contribution in [1.82, 2.24) is 19.1 Å². The van der Waals surface area contributed by atoms with Crippen LogP contribution >= 0.6 is 0 Å². The van der Waals surface area contributed by atoms with Crippen LogP contribution in [0.2, 0.25) is 0 Å². The summed E-state index contributed by atoms with van der Waals surface area (Å²) in [5, 5.41) is 23.6. The second-order valence-electron chi connectivity index (χ2n) is 11.7. The van der Waals surface area contributed by atoms with Crippen LogP contribution in [0, 0.1) is 22.7 Å². The largest absolute Gasteiger partial charge is 0.291 e. The number of aromatic nitrogens is 4. The number of hydrogen-bond acceptors (Lipinski definition) is 4. The van der Waals surface area contributed by atoms with Crippen LogP contribution in [0.15, 0.2) is 146 Å². The smallest absolute Gasteiger partial charge is 0.182 e. The summed E-state index contributed by atoms with van der Waals surface area (Å²) < 4.78 is 4.33. The Hall–Kier alpha value is -7.02. The molecule has 0 aliphatic heterocycles. The number of rotatable bonds is 4. The molecule has 9 rings (SSSR count). The molecule has 0 N–H and O–H groups in total. The number of fused-ring (bicyclic) bond motifs is 6. The molecule has 9 aromatic rings. The van der Waals surface area contributed by atoms with Gasteiger partial charge in [0, 0.05) is 32.7 Å². The van der Waals surface area contributed by atoms with E-state index in [1.807, 2.05) is 97.1 Å². The van der Waals surface area contributed by atoms with Gasteiger partial charge in [0.25, 0.3) is 0 Å². The van der Waals surface area contributed by atoms with Crippen LogP contribution < -0.4 is 0 Å². The van der Waals surface area contributed by atoms with Gasteiger partial charge in [-0.15, -0.1) is 0 Å². The maximum atomic E-state index is 9.80. The van der Waals surface area contributed by atoms with Gasteiger partial charge in [-0.3, -0.25) is 9.13 Å². The van der Waals surface area contributed by atoms with Crippen molar-refractivity contribution in [3.63, 3.8) is 0 Å². The Bertz CT molecular complexity index is 2600. The highest BCUT2D eigenvalue weighted by atomic mass is 15.2. The van der Waals surface area contributed by atoms with Crippen LogP contribution in [0.4, 0.5) is 0 Å². The average Bonchev–Trinajstić information content (AvgIpc) is 3.67. The van der Waals surface area contributed by atoms with Crippen LogP contribution in [-0.2, 0) is 0 Å². The van der Waals surface area contributed by atoms with Gasteiger partial charge in [0.1, 0.15) is 0 Å². The second-order valence-corrected chi connectivity index (χ2v) is 11.7. The number of nitriles is 2. The Morgan fingerprint density at radius 3 is 1.19 bits per heavy atom. The van der Waals surface area contributed by atoms with E-state index in [1.165, 1.54) is 0 Å². The monoisotopic (exact) mass is 612 g/mol. The molecular formula is C42H24N6. The minimum absolute atomic E-state index is 0.594. The predicted octanol–water partition coefficient (Wildman–Crippen LogP) is 9.75. The highest BCUT2D eigenvalue weighted by Crippen LogP contribution is 2.40. The fraction of sp³-hybridized carbons (Fsp3) is 0. The van der Waals surface area contributed by atoms with Crippen molar-refractivity contribution in [3.05, 3.63) is 157 Å². The van der Waals surface area contributed by atoms with Crippen LogP contribution in [0.1, 0.15) is 11.1 Å². The molecule has 3 heterocycles. The molecule has 48 heavy (non-hydrogen) atoms. The molecule has 222 valence electrons. The summed E-state index contributed by atoms with van der Waals surface area (Å²) in [6.45, 7) is 0. The fourth-order valence-corrected chi connectivity index (χ4v) is 6.85. The number of para-hydroxylation sites is 2. The first kappa shape index (κ1) is 27.3. The summed E-state index contributed by atoms with van der Waals surface area (Å²) in [7, 11) is 0. The van der Waals surface area contributed by atoms with Crippen molar-refractivity contribution in [3.8, 4) is 46.3 Å². The van der Waals surface area contributed by atoms with Crippen LogP contribution in [0.25, 0.3) is 77.8 Å². The third-order valence-corrected chi connectivity index (χ3v) is 8.98. The van der Waals surface area contributed by atoms with Crippen LogP contribution in [0.3, 0.4) is 0 Å². The summed E-state index contributed by atoms with van der Waals surface area (Å²) in [4.78, 5) is 11.1. The summed E-state index contributed by atoms with van der Waals surface area (Å²) in [6, 6.07) is 53.0. The summed E-state index contributed by atoms with van der Waals surface area (Å²) in [5.74, 6) is 1.30. The molecule has 3 aromatic heterocycles. The first-order valence-corrected chi connectivity index (χ1v) is 15.6. The van der Waals surface area contributed by atoms with Gasteiger partial charge in [0.2, 0.25) is 0 Å². The molecule has 0 saturated heterocycles. The molecule has 6 heteroatoms. The van der Waals surface area contributed by atoms with Crippen molar-refractivity contribution in [2.75, 3.05) is 0 Å². The predicted molar refractivity (Wildman–Crippen MR) is 191 cm³/mol. The second kappa shape index (κ2) is 10.8. The van der Waals surface area contributed by atoms with Crippen LogP contribution in [-0.4, -0.2) is 19.1 Å². The Labute approximate surface area is 275 Å². The lowest BCUT2D eigenvalue weighted by atomic mass is 10.0. The highest BCUT2D eigenvalue weighted by Gasteiger charge is 2.25. The van der Waals surface area contributed by atoms with E-state index in [1.54, 1.807) is 0 Å². The van der Waals surface area contributed by atoms with Gasteiger partial charge in [-0.05, 0) is 48.5 Å². The standard InChI is InChI=1S/C42H24N6/c43-25-27-19-21-37-33(23-27)31-15-7-9-17-35(31)47(37)41-42(48-36-18-10-8-16-32(36)34-24-28(26-44)20-22-38(34)48)46-40(30-13-5-2-6-14-30)39(45-41)29-11-3-1-4-12-29/h1-24H. The van der Waals surface area contributed by atoms with E-state index >= 15 is 0 Å². The van der Waals surface area contributed by atoms with Gasteiger partial charge in [0.15, 0.2) is 11.6 Å². The van der Waals surface area contributed by atoms with E-state index in [4.69, 9.17) is 9.97 Å². The first-order valence-electron chi connectivity index (χ1n) is 15.6. The van der Waals surface area contributed by atoms with Gasteiger partial charge in [-0.1, -0.05) is 97.1 Å². The van der Waals surface area contributed by atoms with E-state index in [2.05, 4.69) is 69.8 Å². The van der Waals surface area contributed by atoms with E-state index in [0.29, 0.717) is 22.8 Å². The zero-order valence-corrected chi connectivity index (χ0v) is 25.5. The third-order valence-electron chi connectivity index (χ3n) is 8.98. The van der Waals surface area contributed by atoms with Crippen molar-refractivity contribution in [2.45, 2.75) is 0 Å². The molecule has 0 spiro atoms. The maximum absolute atomic E-state index is 9.80. The lowest BCUT2D eigenvalue weighted by Gasteiger charge is -2.19. The summed E-state index contributed by atoms with van der Waals surface area (Å²) >= 11 is 0. The molecule has 0 radical (unpaired) electrons.